The molecule has 4 nitrogen and oxygen atoms in total. The largest absolute Gasteiger partial charge is 0.504 e. The number of halogens is 4. The highest BCUT2D eigenvalue weighted by molar-refractivity contribution is 6.20. The Morgan fingerprint density at radius 2 is 1.87 bits per heavy atom. The van der Waals surface area contributed by atoms with E-state index >= 15 is 0 Å². The third-order valence-corrected chi connectivity index (χ3v) is 2.70. The van der Waals surface area contributed by atoms with E-state index in [1.54, 1.807) is 0 Å². The number of aliphatic hydroxyl groups is 1. The van der Waals surface area contributed by atoms with Crippen molar-refractivity contribution in [3.05, 3.63) is 59.8 Å². The number of aliphatic imine (C=N–C) groups is 1. The molecule has 0 aliphatic rings. The van der Waals surface area contributed by atoms with Crippen molar-refractivity contribution in [3.63, 3.8) is 0 Å². The van der Waals surface area contributed by atoms with Crippen LogP contribution in [0.4, 0.5) is 23.2 Å². The van der Waals surface area contributed by atoms with Gasteiger partial charge in [-0.25, -0.2) is 4.39 Å². The van der Waals surface area contributed by atoms with Crippen molar-refractivity contribution in [1.82, 2.24) is 0 Å². The van der Waals surface area contributed by atoms with Crippen LogP contribution in [0.3, 0.4) is 0 Å². The predicted molar refractivity (Wildman–Crippen MR) is 73.9 cm³/mol. The van der Waals surface area contributed by atoms with Gasteiger partial charge in [-0.1, -0.05) is 12.1 Å². The van der Waals surface area contributed by atoms with Crippen LogP contribution in [0.1, 0.15) is 5.76 Å². The third kappa shape index (κ3) is 3.85. The molecule has 0 aliphatic heterocycles. The lowest BCUT2D eigenvalue weighted by atomic mass is 10.1. The second kappa shape index (κ2) is 6.47. The molecule has 1 heterocycles. The zero-order chi connectivity index (χ0) is 17.0. The number of carbonyl (C=O) groups excluding carboxylic acids is 1. The van der Waals surface area contributed by atoms with Crippen molar-refractivity contribution >= 4 is 23.4 Å². The van der Waals surface area contributed by atoms with E-state index in [0.717, 1.165) is 18.4 Å². The van der Waals surface area contributed by atoms with Gasteiger partial charge in [0.15, 0.2) is 11.5 Å². The molecule has 0 fully saturated rings. The number of allylic oxidation sites excluding steroid dienone is 1. The Morgan fingerprint density at radius 1 is 1.17 bits per heavy atom. The number of alkyl halides is 3. The van der Waals surface area contributed by atoms with Crippen LogP contribution in [0.2, 0.25) is 0 Å². The number of Topliss-reactive ketones (excluding diaryl/α,β-unsaturated/α-hetero) is 1. The molecule has 2 aromatic rings. The minimum absolute atomic E-state index is 0.285. The number of ketones is 1. The predicted octanol–water partition coefficient (Wildman–Crippen LogP) is 4.22. The number of hydrogen-bond donors (Lipinski definition) is 1. The van der Waals surface area contributed by atoms with Gasteiger partial charge in [0.1, 0.15) is 5.82 Å². The normalized spacial score (nSPS) is 13.2. The first-order valence-electron chi connectivity index (χ1n) is 6.18. The number of aliphatic hydroxyl groups excluding tert-OH is 1. The summed E-state index contributed by atoms with van der Waals surface area (Å²) >= 11 is 0. The van der Waals surface area contributed by atoms with Crippen LogP contribution >= 0.6 is 0 Å². The van der Waals surface area contributed by atoms with Crippen molar-refractivity contribution in [1.29, 1.82) is 0 Å². The first kappa shape index (κ1) is 16.5. The summed E-state index contributed by atoms with van der Waals surface area (Å²) in [7, 11) is 0. The molecule has 0 aliphatic carbocycles. The van der Waals surface area contributed by atoms with Crippen LogP contribution in [-0.4, -0.2) is 23.3 Å². The second-order valence-electron chi connectivity index (χ2n) is 4.28. The molecule has 1 N–H and O–H groups in total. The summed E-state index contributed by atoms with van der Waals surface area (Å²) in [5.41, 5.74) is -1.44. The molecule has 0 spiro atoms. The molecule has 0 radical (unpaired) electrons. The van der Waals surface area contributed by atoms with Gasteiger partial charge >= 0.3 is 6.18 Å². The van der Waals surface area contributed by atoms with E-state index in [-0.39, 0.29) is 11.4 Å². The molecule has 23 heavy (non-hydrogen) atoms. The van der Waals surface area contributed by atoms with Gasteiger partial charge in [0.05, 0.1) is 17.5 Å². The number of hydrogen-bond acceptors (Lipinski definition) is 4. The number of rotatable bonds is 4. The summed E-state index contributed by atoms with van der Waals surface area (Å²) in [6, 6.07) is 7.51. The van der Waals surface area contributed by atoms with Gasteiger partial charge in [-0.05, 0) is 24.3 Å². The lowest BCUT2D eigenvalue weighted by molar-refractivity contribution is -0.165. The zero-order valence-corrected chi connectivity index (χ0v) is 11.3. The quantitative estimate of drug-likeness (QED) is 0.396. The number of nitrogens with zero attached hydrogens (tertiary/aromatic N) is 1. The summed E-state index contributed by atoms with van der Waals surface area (Å²) in [6.45, 7) is 0. The summed E-state index contributed by atoms with van der Waals surface area (Å²) in [6.07, 6.45) is -3.68. The van der Waals surface area contributed by atoms with Crippen molar-refractivity contribution in [3.8, 4) is 0 Å². The van der Waals surface area contributed by atoms with Crippen LogP contribution in [0.25, 0.3) is 5.76 Å². The Bertz CT molecular complexity index is 761. The molecule has 2 rings (SSSR count). The lowest BCUT2D eigenvalue weighted by Gasteiger charge is -2.07. The van der Waals surface area contributed by atoms with Gasteiger partial charge in [-0.3, -0.25) is 9.79 Å². The highest BCUT2D eigenvalue weighted by Gasteiger charge is 2.42. The molecular weight excluding hydrogens is 318 g/mol. The summed E-state index contributed by atoms with van der Waals surface area (Å²) in [5, 5.41) is 9.83. The monoisotopic (exact) mass is 327 g/mol. The Kier molecular flexibility index (Phi) is 4.63. The van der Waals surface area contributed by atoms with Crippen molar-refractivity contribution < 1.29 is 31.9 Å². The van der Waals surface area contributed by atoms with Gasteiger partial charge in [-0.2, -0.15) is 13.2 Å². The van der Waals surface area contributed by atoms with Gasteiger partial charge in [0, 0.05) is 6.21 Å². The molecule has 0 saturated heterocycles. The molecular formula is C15H9F4NO3. The fourth-order valence-corrected chi connectivity index (χ4v) is 1.62. The SMILES string of the molecule is O=C(/C(C=Nc1ccccc1F)=C(/O)c1ccco1)C(F)(F)F. The summed E-state index contributed by atoms with van der Waals surface area (Å²) < 4.78 is 56.1. The smallest absolute Gasteiger partial charge is 0.455 e. The zero-order valence-electron chi connectivity index (χ0n) is 11.3. The fourth-order valence-electron chi connectivity index (χ4n) is 1.62. The van der Waals surface area contributed by atoms with E-state index in [4.69, 9.17) is 4.42 Å². The first-order valence-corrected chi connectivity index (χ1v) is 6.18. The number of carbonyl (C=O) groups is 1. The summed E-state index contributed by atoms with van der Waals surface area (Å²) in [5.74, 6) is -4.51. The molecule has 1 aromatic heterocycles. The molecule has 0 unspecified atom stereocenters. The third-order valence-electron chi connectivity index (χ3n) is 2.70. The maximum Gasteiger partial charge on any atom is 0.455 e. The number of benzene rings is 1. The highest BCUT2D eigenvalue weighted by atomic mass is 19.4. The molecule has 0 saturated carbocycles. The molecule has 120 valence electrons. The van der Waals surface area contributed by atoms with Crippen molar-refractivity contribution in [2.24, 2.45) is 4.99 Å². The average molecular weight is 327 g/mol. The second-order valence-corrected chi connectivity index (χ2v) is 4.28. The fraction of sp³-hybridized carbons (Fsp3) is 0.0667. The standard InChI is InChI=1S/C15H9F4NO3/c16-10-4-1-2-5-11(10)20-8-9(14(22)15(17,18)19)13(21)12-6-3-7-23-12/h1-8,21H/b13-9+,20-8?. The lowest BCUT2D eigenvalue weighted by Crippen LogP contribution is -2.26. The first-order chi connectivity index (χ1) is 10.8. The Balaban J connectivity index is 2.49. The van der Waals surface area contributed by atoms with Gasteiger partial charge < -0.3 is 9.52 Å². The van der Waals surface area contributed by atoms with Crippen LogP contribution in [-0.2, 0) is 4.79 Å². The van der Waals surface area contributed by atoms with Gasteiger partial charge in [-0.15, -0.1) is 0 Å². The van der Waals surface area contributed by atoms with E-state index in [2.05, 4.69) is 4.99 Å². The molecule has 0 bridgehead atoms. The van der Waals surface area contributed by atoms with Crippen molar-refractivity contribution in [2.45, 2.75) is 6.18 Å². The van der Waals surface area contributed by atoms with Crippen LogP contribution in [0.15, 0.2) is 57.6 Å². The van der Waals surface area contributed by atoms with Crippen LogP contribution in [0, 0.1) is 5.82 Å². The van der Waals surface area contributed by atoms with E-state index < -0.39 is 29.1 Å². The molecule has 1 aromatic carbocycles. The highest BCUT2D eigenvalue weighted by Crippen LogP contribution is 2.26. The van der Waals surface area contributed by atoms with Crippen molar-refractivity contribution in [2.75, 3.05) is 0 Å². The molecule has 0 atom stereocenters. The Morgan fingerprint density at radius 3 is 2.43 bits per heavy atom. The van der Waals surface area contributed by atoms with E-state index in [0.29, 0.717) is 6.21 Å². The van der Waals surface area contributed by atoms with E-state index in [1.807, 2.05) is 0 Å². The maximum absolute atomic E-state index is 13.4. The van der Waals surface area contributed by atoms with Crippen LogP contribution in [0.5, 0.6) is 0 Å². The maximum atomic E-state index is 13.4. The number of furan rings is 1. The van der Waals surface area contributed by atoms with E-state index in [1.165, 1.54) is 24.3 Å². The molecule has 8 heteroatoms. The average Bonchev–Trinajstić information content (AvgIpc) is 3.02. The minimum atomic E-state index is -5.24. The molecule has 0 amide bonds. The van der Waals surface area contributed by atoms with Gasteiger partial charge in [0.2, 0.25) is 0 Å². The van der Waals surface area contributed by atoms with Gasteiger partial charge in [0.25, 0.3) is 5.78 Å². The minimum Gasteiger partial charge on any atom is -0.504 e. The topological polar surface area (TPSA) is 62.8 Å². The Hall–Kier alpha value is -2.90. The van der Waals surface area contributed by atoms with E-state index in [9.17, 15) is 27.5 Å². The van der Waals surface area contributed by atoms with Crippen LogP contribution < -0.4 is 0 Å². The summed E-state index contributed by atoms with van der Waals surface area (Å²) in [4.78, 5) is 14.9. The Labute approximate surface area is 127 Å². The number of para-hydroxylation sites is 1.